The lowest BCUT2D eigenvalue weighted by molar-refractivity contribution is 0.669. The lowest BCUT2D eigenvalue weighted by Crippen LogP contribution is -2.00. The molecule has 0 aliphatic carbocycles. The second-order valence-corrected chi connectivity index (χ2v) is 13.6. The molecular weight excluding hydrogens is 663 g/mol. The van der Waals surface area contributed by atoms with Crippen LogP contribution in [0.4, 0.5) is 0 Å². The molecule has 3 heterocycles. The Balaban J connectivity index is 1.12. The summed E-state index contributed by atoms with van der Waals surface area (Å²) in [7, 11) is 0. The summed E-state index contributed by atoms with van der Waals surface area (Å²) in [5, 5.41) is 6.42. The zero-order valence-corrected chi connectivity index (χ0v) is 28.9. The second-order valence-electron chi connectivity index (χ2n) is 13.6. The summed E-state index contributed by atoms with van der Waals surface area (Å²) in [6.45, 7) is 0. The van der Waals surface area contributed by atoms with Gasteiger partial charge in [-0.25, -0.2) is 15.0 Å². The summed E-state index contributed by atoms with van der Waals surface area (Å²) in [6, 6.07) is 60.5. The van der Waals surface area contributed by atoms with Crippen molar-refractivity contribution in [2.45, 2.75) is 0 Å². The molecule has 54 heavy (non-hydrogen) atoms. The number of fused-ring (bicyclic) bond motifs is 8. The van der Waals surface area contributed by atoms with Gasteiger partial charge in [0.15, 0.2) is 17.5 Å². The molecule has 0 saturated carbocycles. The lowest BCUT2D eigenvalue weighted by atomic mass is 9.95. The average Bonchev–Trinajstić information content (AvgIpc) is 3.81. The minimum atomic E-state index is 0.567. The first kappa shape index (κ1) is 30.3. The summed E-state index contributed by atoms with van der Waals surface area (Å²) >= 11 is 0. The van der Waals surface area contributed by atoms with Crippen molar-refractivity contribution in [2.75, 3.05) is 0 Å². The highest BCUT2D eigenvalue weighted by Gasteiger charge is 2.19. The number of aromatic nitrogens is 3. The topological polar surface area (TPSA) is 65.0 Å². The van der Waals surface area contributed by atoms with Crippen molar-refractivity contribution in [1.82, 2.24) is 15.0 Å². The molecule has 0 atom stereocenters. The van der Waals surface area contributed by atoms with Crippen LogP contribution < -0.4 is 0 Å². The smallest absolute Gasteiger partial charge is 0.164 e. The van der Waals surface area contributed by atoms with Crippen LogP contribution in [0.2, 0.25) is 0 Å². The van der Waals surface area contributed by atoms with E-state index in [2.05, 4.69) is 127 Å². The van der Waals surface area contributed by atoms with E-state index < -0.39 is 0 Å². The van der Waals surface area contributed by atoms with Crippen LogP contribution in [0.25, 0.3) is 111 Å². The van der Waals surface area contributed by atoms with Gasteiger partial charge in [-0.3, -0.25) is 0 Å². The Morgan fingerprint density at radius 2 is 0.833 bits per heavy atom. The van der Waals surface area contributed by atoms with E-state index in [0.717, 1.165) is 93.6 Å². The van der Waals surface area contributed by atoms with Crippen molar-refractivity contribution < 1.29 is 8.83 Å². The molecule has 0 aliphatic rings. The van der Waals surface area contributed by atoms with Crippen LogP contribution in [0.1, 0.15) is 0 Å². The highest BCUT2D eigenvalue weighted by Crippen LogP contribution is 2.41. The fourth-order valence-corrected chi connectivity index (χ4v) is 7.69. The Morgan fingerprint density at radius 3 is 1.61 bits per heavy atom. The first-order valence-corrected chi connectivity index (χ1v) is 18.0. The molecule has 0 aliphatic heterocycles. The van der Waals surface area contributed by atoms with Gasteiger partial charge in [0.1, 0.15) is 22.3 Å². The molecule has 0 fully saturated rings. The monoisotopic (exact) mass is 691 g/mol. The quantitative estimate of drug-likeness (QED) is 0.180. The van der Waals surface area contributed by atoms with Crippen molar-refractivity contribution >= 4 is 54.6 Å². The Kier molecular flexibility index (Phi) is 6.79. The van der Waals surface area contributed by atoms with Gasteiger partial charge in [0.25, 0.3) is 0 Å². The van der Waals surface area contributed by atoms with Gasteiger partial charge in [-0.15, -0.1) is 0 Å². The highest BCUT2D eigenvalue weighted by molar-refractivity contribution is 6.19. The van der Waals surface area contributed by atoms with E-state index in [9.17, 15) is 0 Å². The molecule has 0 bridgehead atoms. The largest absolute Gasteiger partial charge is 0.456 e. The van der Waals surface area contributed by atoms with Crippen molar-refractivity contribution in [3.63, 3.8) is 0 Å². The molecule has 0 spiro atoms. The number of furan rings is 2. The number of hydrogen-bond donors (Lipinski definition) is 0. The molecule has 11 aromatic rings. The summed E-state index contributed by atoms with van der Waals surface area (Å²) in [5.41, 5.74) is 10.5. The molecule has 0 saturated heterocycles. The van der Waals surface area contributed by atoms with Gasteiger partial charge in [-0.1, -0.05) is 127 Å². The van der Waals surface area contributed by atoms with E-state index in [4.69, 9.17) is 23.8 Å². The number of nitrogens with zero attached hydrogens (tertiary/aromatic N) is 3. The molecule has 5 nitrogen and oxygen atoms in total. The third-order valence-corrected chi connectivity index (χ3v) is 10.3. The summed E-state index contributed by atoms with van der Waals surface area (Å²) in [4.78, 5) is 15.4. The third-order valence-electron chi connectivity index (χ3n) is 10.3. The third kappa shape index (κ3) is 4.98. The van der Waals surface area contributed by atoms with Crippen LogP contribution in [-0.2, 0) is 0 Å². The molecule has 0 N–H and O–H groups in total. The maximum atomic E-state index is 6.59. The van der Waals surface area contributed by atoms with Gasteiger partial charge in [0, 0.05) is 43.6 Å². The van der Waals surface area contributed by atoms with Gasteiger partial charge in [-0.05, 0) is 76.2 Å². The van der Waals surface area contributed by atoms with E-state index in [1.165, 1.54) is 0 Å². The normalized spacial score (nSPS) is 11.7. The van der Waals surface area contributed by atoms with Gasteiger partial charge < -0.3 is 8.83 Å². The highest BCUT2D eigenvalue weighted by atomic mass is 16.3. The zero-order valence-electron chi connectivity index (χ0n) is 28.9. The molecule has 11 rings (SSSR count). The average molecular weight is 692 g/mol. The van der Waals surface area contributed by atoms with Crippen molar-refractivity contribution in [3.05, 3.63) is 176 Å². The van der Waals surface area contributed by atoms with E-state index in [1.54, 1.807) is 0 Å². The summed E-state index contributed by atoms with van der Waals surface area (Å²) < 4.78 is 12.9. The Bertz CT molecular complexity index is 3220. The maximum Gasteiger partial charge on any atom is 0.164 e. The number of hydrogen-bond acceptors (Lipinski definition) is 5. The van der Waals surface area contributed by atoms with Crippen LogP contribution in [0, 0.1) is 0 Å². The zero-order chi connectivity index (χ0) is 35.6. The summed E-state index contributed by atoms with van der Waals surface area (Å²) in [5.74, 6) is 1.73. The molecule has 8 aromatic carbocycles. The van der Waals surface area contributed by atoms with E-state index in [-0.39, 0.29) is 0 Å². The first-order chi connectivity index (χ1) is 26.7. The second kappa shape index (κ2) is 12.1. The van der Waals surface area contributed by atoms with Crippen molar-refractivity contribution in [1.29, 1.82) is 0 Å². The molecule has 3 aromatic heterocycles. The fourth-order valence-electron chi connectivity index (χ4n) is 7.69. The van der Waals surface area contributed by atoms with Gasteiger partial charge in [0.05, 0.1) is 0 Å². The fraction of sp³-hybridized carbons (Fsp3) is 0. The Labute approximate surface area is 309 Å². The number of rotatable bonds is 5. The van der Waals surface area contributed by atoms with Gasteiger partial charge >= 0.3 is 0 Å². The molecule has 0 unspecified atom stereocenters. The predicted octanol–water partition coefficient (Wildman–Crippen LogP) is 13.2. The van der Waals surface area contributed by atoms with Gasteiger partial charge in [0.2, 0.25) is 0 Å². The van der Waals surface area contributed by atoms with E-state index >= 15 is 0 Å². The van der Waals surface area contributed by atoms with Gasteiger partial charge in [-0.2, -0.15) is 0 Å². The van der Waals surface area contributed by atoms with E-state index in [0.29, 0.717) is 17.5 Å². The van der Waals surface area contributed by atoms with Crippen LogP contribution >= 0.6 is 0 Å². The minimum Gasteiger partial charge on any atom is -0.456 e. The van der Waals surface area contributed by atoms with Crippen LogP contribution in [0.15, 0.2) is 185 Å². The Hall–Kier alpha value is -7.37. The number of benzene rings is 8. The molecule has 252 valence electrons. The van der Waals surface area contributed by atoms with Crippen molar-refractivity contribution in [2.24, 2.45) is 0 Å². The molecule has 5 heteroatoms. The van der Waals surface area contributed by atoms with Crippen LogP contribution in [0.3, 0.4) is 0 Å². The first-order valence-electron chi connectivity index (χ1n) is 18.0. The Morgan fingerprint density at radius 1 is 0.278 bits per heavy atom. The molecular formula is C49H29N3O2. The van der Waals surface area contributed by atoms with E-state index in [1.807, 2.05) is 48.5 Å². The SMILES string of the molecule is c1ccc(-c2cccc(-c3nc(-c4ccc5c(c4)oc4ccccc45)nc(-c4ccc5oc6c7ccccc7c(-c7ccccc7)cc6c5c4)n3)c2)cc1. The van der Waals surface area contributed by atoms with Crippen LogP contribution in [0.5, 0.6) is 0 Å². The predicted molar refractivity (Wildman–Crippen MR) is 219 cm³/mol. The number of para-hydroxylation sites is 1. The van der Waals surface area contributed by atoms with Crippen molar-refractivity contribution in [3.8, 4) is 56.4 Å². The maximum absolute atomic E-state index is 6.59. The lowest BCUT2D eigenvalue weighted by Gasteiger charge is -2.10. The molecule has 0 amide bonds. The summed E-state index contributed by atoms with van der Waals surface area (Å²) in [6.07, 6.45) is 0. The standard InChI is InChI=1S/C49H29N3O2/c1-3-12-30(13-4-1)32-16-11-17-33(26-32)47-50-48(52-49(51-47)35-22-24-38-37-19-9-10-21-43(37)53-45(38)28-35)34-23-25-44-41(27-34)42-29-40(31-14-5-2-6-15-31)36-18-7-8-20-39(36)46(42)54-44/h1-29H. The minimum absolute atomic E-state index is 0.567. The van der Waals surface area contributed by atoms with Crippen LogP contribution in [-0.4, -0.2) is 15.0 Å². The molecule has 0 radical (unpaired) electrons.